The molecule has 1 N–H and O–H groups in total. The number of unbranched alkanes of at least 4 members (excludes halogenated alkanes) is 1. The van der Waals surface area contributed by atoms with E-state index in [1.807, 2.05) is 36.5 Å². The molecule has 2 aromatic rings. The van der Waals surface area contributed by atoms with Crippen molar-refractivity contribution in [1.82, 2.24) is 20.0 Å². The Morgan fingerprint density at radius 1 is 1.28 bits per heavy atom. The minimum Gasteiger partial charge on any atom is -0.355 e. The molecule has 1 aromatic carbocycles. The van der Waals surface area contributed by atoms with Gasteiger partial charge in [-0.05, 0) is 18.9 Å². The van der Waals surface area contributed by atoms with E-state index in [9.17, 15) is 4.79 Å². The molecule has 0 spiro atoms. The number of hydrogen-bond acceptors (Lipinski definition) is 4. The second-order valence-electron chi connectivity index (χ2n) is 5.49. The third-order valence-electron chi connectivity index (χ3n) is 3.70. The Labute approximate surface area is 147 Å². The van der Waals surface area contributed by atoms with Crippen molar-refractivity contribution in [2.45, 2.75) is 19.4 Å². The van der Waals surface area contributed by atoms with E-state index in [1.54, 1.807) is 26.2 Å². The maximum atomic E-state index is 12.0. The summed E-state index contributed by atoms with van der Waals surface area (Å²) in [6, 6.07) is 13.1. The van der Waals surface area contributed by atoms with Crippen molar-refractivity contribution in [3.05, 3.63) is 52.8 Å². The summed E-state index contributed by atoms with van der Waals surface area (Å²) >= 11 is 0. The number of rotatable bonds is 6. The summed E-state index contributed by atoms with van der Waals surface area (Å²) in [6.07, 6.45) is 3.63. The quantitative estimate of drug-likeness (QED) is 0.285. The third kappa shape index (κ3) is 5.18. The topological polar surface area (TPSA) is 86.3 Å². The molecule has 0 fully saturated rings. The molecule has 0 saturated heterocycles. The van der Waals surface area contributed by atoms with E-state index >= 15 is 0 Å². The van der Waals surface area contributed by atoms with Crippen LogP contribution in [-0.2, 0) is 6.54 Å². The SMILES string of the molecule is CN=C(NCCCCn1nc(-c2ccccc2)ccc1=O)N(C)C#N. The number of aromatic nitrogens is 2. The molecule has 1 aromatic heterocycles. The lowest BCUT2D eigenvalue weighted by molar-refractivity contribution is 0.527. The van der Waals surface area contributed by atoms with Crippen molar-refractivity contribution >= 4 is 5.96 Å². The van der Waals surface area contributed by atoms with Crippen LogP contribution in [0.1, 0.15) is 12.8 Å². The number of hydrogen-bond donors (Lipinski definition) is 1. The van der Waals surface area contributed by atoms with Crippen LogP contribution in [0, 0.1) is 11.5 Å². The monoisotopic (exact) mass is 338 g/mol. The Morgan fingerprint density at radius 2 is 2.04 bits per heavy atom. The first-order valence-electron chi connectivity index (χ1n) is 8.13. The molecule has 0 aliphatic carbocycles. The normalized spacial score (nSPS) is 11.0. The van der Waals surface area contributed by atoms with Crippen molar-refractivity contribution < 1.29 is 0 Å². The molecule has 25 heavy (non-hydrogen) atoms. The Morgan fingerprint density at radius 3 is 2.72 bits per heavy atom. The van der Waals surface area contributed by atoms with Gasteiger partial charge in [0.05, 0.1) is 5.69 Å². The first-order chi connectivity index (χ1) is 12.2. The van der Waals surface area contributed by atoms with Crippen LogP contribution >= 0.6 is 0 Å². The van der Waals surface area contributed by atoms with Gasteiger partial charge < -0.3 is 5.32 Å². The van der Waals surface area contributed by atoms with E-state index in [0.717, 1.165) is 24.1 Å². The van der Waals surface area contributed by atoms with Crippen LogP contribution in [-0.4, -0.2) is 41.3 Å². The van der Waals surface area contributed by atoms with E-state index in [-0.39, 0.29) is 5.56 Å². The predicted octanol–water partition coefficient (Wildman–Crippen LogP) is 1.68. The van der Waals surface area contributed by atoms with Gasteiger partial charge in [0.1, 0.15) is 0 Å². The fourth-order valence-corrected chi connectivity index (χ4v) is 2.35. The summed E-state index contributed by atoms with van der Waals surface area (Å²) in [5.41, 5.74) is 1.67. The number of benzene rings is 1. The van der Waals surface area contributed by atoms with Gasteiger partial charge in [0.25, 0.3) is 5.56 Å². The molecule has 7 heteroatoms. The van der Waals surface area contributed by atoms with Crippen LogP contribution in [0.2, 0.25) is 0 Å². The smallest absolute Gasteiger partial charge is 0.266 e. The van der Waals surface area contributed by atoms with Crippen LogP contribution in [0.3, 0.4) is 0 Å². The highest BCUT2D eigenvalue weighted by Gasteiger charge is 2.05. The zero-order chi connectivity index (χ0) is 18.1. The molecule has 0 saturated carbocycles. The Bertz CT molecular complexity index is 806. The van der Waals surface area contributed by atoms with E-state index in [0.29, 0.717) is 19.0 Å². The zero-order valence-corrected chi connectivity index (χ0v) is 14.5. The first-order valence-corrected chi connectivity index (χ1v) is 8.13. The number of nitriles is 1. The van der Waals surface area contributed by atoms with Crippen molar-refractivity contribution in [1.29, 1.82) is 5.26 Å². The van der Waals surface area contributed by atoms with Crippen LogP contribution in [0.15, 0.2) is 52.3 Å². The lowest BCUT2D eigenvalue weighted by Crippen LogP contribution is -2.36. The van der Waals surface area contributed by atoms with Crippen molar-refractivity contribution in [3.8, 4) is 17.5 Å². The molecular formula is C18H22N6O. The van der Waals surface area contributed by atoms with Gasteiger partial charge in [-0.25, -0.2) is 4.68 Å². The largest absolute Gasteiger partial charge is 0.355 e. The molecule has 0 aliphatic rings. The Balaban J connectivity index is 1.89. The number of aryl methyl sites for hydroxylation is 1. The number of aliphatic imine (C=N–C) groups is 1. The highest BCUT2D eigenvalue weighted by Crippen LogP contribution is 2.14. The number of guanidine groups is 1. The summed E-state index contributed by atoms with van der Waals surface area (Å²) in [4.78, 5) is 17.4. The van der Waals surface area contributed by atoms with Crippen LogP contribution in [0.4, 0.5) is 0 Å². The average Bonchev–Trinajstić information content (AvgIpc) is 2.66. The van der Waals surface area contributed by atoms with Crippen molar-refractivity contribution in [2.75, 3.05) is 20.6 Å². The van der Waals surface area contributed by atoms with Crippen LogP contribution < -0.4 is 10.9 Å². The van der Waals surface area contributed by atoms with Crippen LogP contribution in [0.5, 0.6) is 0 Å². The lowest BCUT2D eigenvalue weighted by Gasteiger charge is -2.14. The maximum absolute atomic E-state index is 12.0. The molecule has 0 radical (unpaired) electrons. The Hall–Kier alpha value is -3.14. The van der Waals surface area contributed by atoms with E-state index in [4.69, 9.17) is 5.26 Å². The highest BCUT2D eigenvalue weighted by molar-refractivity contribution is 5.80. The molecule has 1 heterocycles. The van der Waals surface area contributed by atoms with Crippen molar-refractivity contribution in [3.63, 3.8) is 0 Å². The Kier molecular flexibility index (Phi) is 6.72. The summed E-state index contributed by atoms with van der Waals surface area (Å²) in [6.45, 7) is 1.22. The van der Waals surface area contributed by atoms with Gasteiger partial charge in [-0.2, -0.15) is 10.4 Å². The minimum absolute atomic E-state index is 0.104. The van der Waals surface area contributed by atoms with Gasteiger partial charge in [0.15, 0.2) is 6.19 Å². The fraction of sp³-hybridized carbons (Fsp3) is 0.333. The second kappa shape index (κ2) is 9.23. The molecule has 0 bridgehead atoms. The van der Waals surface area contributed by atoms with Gasteiger partial charge >= 0.3 is 0 Å². The molecule has 130 valence electrons. The maximum Gasteiger partial charge on any atom is 0.266 e. The van der Waals surface area contributed by atoms with E-state index < -0.39 is 0 Å². The zero-order valence-electron chi connectivity index (χ0n) is 14.5. The van der Waals surface area contributed by atoms with Gasteiger partial charge in [-0.3, -0.25) is 14.7 Å². The minimum atomic E-state index is -0.104. The van der Waals surface area contributed by atoms with E-state index in [1.165, 1.54) is 9.58 Å². The van der Waals surface area contributed by atoms with Gasteiger partial charge in [-0.15, -0.1) is 0 Å². The molecule has 7 nitrogen and oxygen atoms in total. The number of nitrogens with zero attached hydrogens (tertiary/aromatic N) is 5. The van der Waals surface area contributed by atoms with Gasteiger partial charge in [0.2, 0.25) is 5.96 Å². The average molecular weight is 338 g/mol. The molecule has 2 rings (SSSR count). The van der Waals surface area contributed by atoms with E-state index in [2.05, 4.69) is 15.4 Å². The summed E-state index contributed by atoms with van der Waals surface area (Å²) < 4.78 is 1.50. The lowest BCUT2D eigenvalue weighted by atomic mass is 10.1. The molecular weight excluding hydrogens is 316 g/mol. The second-order valence-corrected chi connectivity index (χ2v) is 5.49. The predicted molar refractivity (Wildman–Crippen MR) is 97.9 cm³/mol. The molecule has 0 aliphatic heterocycles. The highest BCUT2D eigenvalue weighted by atomic mass is 16.1. The summed E-state index contributed by atoms with van der Waals surface area (Å²) in [5, 5.41) is 16.4. The summed E-state index contributed by atoms with van der Waals surface area (Å²) in [7, 11) is 3.28. The van der Waals surface area contributed by atoms with Crippen molar-refractivity contribution in [2.24, 2.45) is 4.99 Å². The van der Waals surface area contributed by atoms with Gasteiger partial charge in [0, 0.05) is 38.8 Å². The molecule has 0 unspecified atom stereocenters. The number of nitrogens with one attached hydrogen (secondary N) is 1. The third-order valence-corrected chi connectivity index (χ3v) is 3.70. The summed E-state index contributed by atoms with van der Waals surface area (Å²) in [5.74, 6) is 0.531. The van der Waals surface area contributed by atoms with Crippen LogP contribution in [0.25, 0.3) is 11.3 Å². The molecule has 0 amide bonds. The fourth-order valence-electron chi connectivity index (χ4n) is 2.35. The standard InChI is InChI=1S/C18H22N6O/c1-20-18(23(2)14-19)21-12-6-7-13-24-17(25)11-10-16(22-24)15-8-4-3-5-9-15/h3-5,8-11H,6-7,12-13H2,1-2H3,(H,20,21). The van der Waals surface area contributed by atoms with Gasteiger partial charge in [-0.1, -0.05) is 30.3 Å². The molecule has 0 atom stereocenters. The first kappa shape index (κ1) is 18.2.